The molecule has 6 heteroatoms. The second-order valence-corrected chi connectivity index (χ2v) is 6.21. The van der Waals surface area contributed by atoms with Gasteiger partial charge in [0.2, 0.25) is 0 Å². The lowest BCUT2D eigenvalue weighted by Gasteiger charge is -2.08. The van der Waals surface area contributed by atoms with Gasteiger partial charge in [0.25, 0.3) is 5.91 Å². The van der Waals surface area contributed by atoms with Crippen molar-refractivity contribution in [1.29, 1.82) is 0 Å². The van der Waals surface area contributed by atoms with E-state index in [4.69, 9.17) is 4.52 Å². The van der Waals surface area contributed by atoms with Crippen LogP contribution in [0.4, 0.5) is 0 Å². The van der Waals surface area contributed by atoms with Gasteiger partial charge in [0.05, 0.1) is 11.3 Å². The van der Waals surface area contributed by atoms with Crippen LogP contribution >= 0.6 is 11.8 Å². The van der Waals surface area contributed by atoms with E-state index in [0.29, 0.717) is 22.9 Å². The van der Waals surface area contributed by atoms with E-state index in [0.717, 1.165) is 17.0 Å². The summed E-state index contributed by atoms with van der Waals surface area (Å²) in [4.78, 5) is 16.8. The van der Waals surface area contributed by atoms with Crippen LogP contribution in [0.1, 0.15) is 27.4 Å². The largest absolute Gasteiger partial charge is 0.361 e. The SMILES string of the molecule is Cc1cc(CSc2ncccc2C(=O)NCc2ccccc2)no1. The Balaban J connectivity index is 1.65. The molecule has 1 amide bonds. The van der Waals surface area contributed by atoms with Crippen molar-refractivity contribution in [3.8, 4) is 0 Å². The summed E-state index contributed by atoms with van der Waals surface area (Å²) in [5, 5.41) is 7.57. The van der Waals surface area contributed by atoms with E-state index in [-0.39, 0.29) is 5.91 Å². The van der Waals surface area contributed by atoms with Gasteiger partial charge in [-0.3, -0.25) is 4.79 Å². The third kappa shape index (κ3) is 4.23. The van der Waals surface area contributed by atoms with Gasteiger partial charge < -0.3 is 9.84 Å². The van der Waals surface area contributed by atoms with Crippen LogP contribution in [0.2, 0.25) is 0 Å². The number of nitrogens with zero attached hydrogens (tertiary/aromatic N) is 2. The van der Waals surface area contributed by atoms with E-state index in [1.807, 2.05) is 43.3 Å². The minimum Gasteiger partial charge on any atom is -0.361 e. The van der Waals surface area contributed by atoms with Crippen molar-refractivity contribution in [2.45, 2.75) is 24.2 Å². The number of hydrogen-bond acceptors (Lipinski definition) is 5. The summed E-state index contributed by atoms with van der Waals surface area (Å²) in [6.07, 6.45) is 1.68. The number of benzene rings is 1. The molecule has 122 valence electrons. The first-order valence-electron chi connectivity index (χ1n) is 7.54. The molecule has 0 aliphatic heterocycles. The Morgan fingerprint density at radius 3 is 2.79 bits per heavy atom. The summed E-state index contributed by atoms with van der Waals surface area (Å²) in [6, 6.07) is 15.2. The predicted octanol–water partition coefficient (Wildman–Crippen LogP) is 3.60. The molecule has 0 aliphatic carbocycles. The van der Waals surface area contributed by atoms with Gasteiger partial charge in [-0.15, -0.1) is 0 Å². The number of aromatic nitrogens is 2. The summed E-state index contributed by atoms with van der Waals surface area (Å²) < 4.78 is 5.06. The quantitative estimate of drug-likeness (QED) is 0.695. The van der Waals surface area contributed by atoms with E-state index in [1.54, 1.807) is 18.3 Å². The monoisotopic (exact) mass is 339 g/mol. The van der Waals surface area contributed by atoms with Crippen molar-refractivity contribution in [2.24, 2.45) is 0 Å². The maximum absolute atomic E-state index is 12.5. The van der Waals surface area contributed by atoms with Gasteiger partial charge in [-0.2, -0.15) is 0 Å². The van der Waals surface area contributed by atoms with E-state index >= 15 is 0 Å². The van der Waals surface area contributed by atoms with Crippen LogP contribution in [0, 0.1) is 6.92 Å². The van der Waals surface area contributed by atoms with E-state index in [9.17, 15) is 4.79 Å². The molecule has 24 heavy (non-hydrogen) atoms. The molecule has 0 aliphatic rings. The molecule has 0 unspecified atom stereocenters. The van der Waals surface area contributed by atoms with Gasteiger partial charge in [0.1, 0.15) is 10.8 Å². The van der Waals surface area contributed by atoms with E-state index in [1.165, 1.54) is 11.8 Å². The maximum Gasteiger partial charge on any atom is 0.254 e. The van der Waals surface area contributed by atoms with Gasteiger partial charge in [0.15, 0.2) is 0 Å². The van der Waals surface area contributed by atoms with Crippen LogP contribution in [0.15, 0.2) is 64.3 Å². The van der Waals surface area contributed by atoms with Crippen molar-refractivity contribution in [3.63, 3.8) is 0 Å². The molecule has 0 saturated heterocycles. The minimum absolute atomic E-state index is 0.134. The Kier molecular flexibility index (Phi) is 5.28. The van der Waals surface area contributed by atoms with Crippen LogP contribution in [0.3, 0.4) is 0 Å². The molecule has 5 nitrogen and oxygen atoms in total. The topological polar surface area (TPSA) is 68.0 Å². The van der Waals surface area contributed by atoms with E-state index < -0.39 is 0 Å². The summed E-state index contributed by atoms with van der Waals surface area (Å²) in [6.45, 7) is 2.34. The second kappa shape index (κ2) is 7.79. The second-order valence-electron chi connectivity index (χ2n) is 5.24. The fourth-order valence-corrected chi connectivity index (χ4v) is 3.05. The zero-order chi connectivity index (χ0) is 16.8. The van der Waals surface area contributed by atoms with Crippen LogP contribution in [0.5, 0.6) is 0 Å². The molecule has 3 aromatic rings. The Morgan fingerprint density at radius 1 is 1.21 bits per heavy atom. The number of thioether (sulfide) groups is 1. The highest BCUT2D eigenvalue weighted by Gasteiger charge is 2.13. The van der Waals surface area contributed by atoms with Crippen LogP contribution in [0.25, 0.3) is 0 Å². The molecule has 2 aromatic heterocycles. The summed E-state index contributed by atoms with van der Waals surface area (Å²) in [5.41, 5.74) is 2.46. The first kappa shape index (κ1) is 16.3. The molecule has 0 fully saturated rings. The highest BCUT2D eigenvalue weighted by molar-refractivity contribution is 7.98. The Hall–Kier alpha value is -2.60. The normalized spacial score (nSPS) is 10.5. The fraction of sp³-hybridized carbons (Fsp3) is 0.167. The Bertz CT molecular complexity index is 818. The molecule has 1 aromatic carbocycles. The highest BCUT2D eigenvalue weighted by Crippen LogP contribution is 2.24. The number of amides is 1. The number of carbonyl (C=O) groups is 1. The van der Waals surface area contributed by atoms with Crippen molar-refractivity contribution in [3.05, 3.63) is 77.3 Å². The molecule has 2 heterocycles. The van der Waals surface area contributed by atoms with Crippen LogP contribution in [-0.4, -0.2) is 16.0 Å². The lowest BCUT2D eigenvalue weighted by atomic mass is 10.2. The van der Waals surface area contributed by atoms with Crippen molar-refractivity contribution in [2.75, 3.05) is 0 Å². The molecule has 0 atom stereocenters. The molecular weight excluding hydrogens is 322 g/mol. The standard InChI is InChI=1S/C18H17N3O2S/c1-13-10-15(21-23-13)12-24-18-16(8-5-9-19-18)17(22)20-11-14-6-3-2-4-7-14/h2-10H,11-12H2,1H3,(H,20,22). The number of pyridine rings is 1. The molecule has 0 saturated carbocycles. The van der Waals surface area contributed by atoms with Crippen molar-refractivity contribution < 1.29 is 9.32 Å². The number of carbonyl (C=O) groups excluding carboxylic acids is 1. The maximum atomic E-state index is 12.5. The third-order valence-corrected chi connectivity index (χ3v) is 4.38. The first-order valence-corrected chi connectivity index (χ1v) is 8.53. The molecule has 0 bridgehead atoms. The summed E-state index contributed by atoms with van der Waals surface area (Å²) in [5.74, 6) is 1.24. The Labute approximate surface area is 144 Å². The van der Waals surface area contributed by atoms with Crippen LogP contribution in [-0.2, 0) is 12.3 Å². The zero-order valence-electron chi connectivity index (χ0n) is 13.2. The lowest BCUT2D eigenvalue weighted by Crippen LogP contribution is -2.23. The zero-order valence-corrected chi connectivity index (χ0v) is 14.0. The molecule has 3 rings (SSSR count). The van der Waals surface area contributed by atoms with Gasteiger partial charge >= 0.3 is 0 Å². The number of rotatable bonds is 6. The Morgan fingerprint density at radius 2 is 2.04 bits per heavy atom. The number of aryl methyl sites for hydroxylation is 1. The number of hydrogen-bond donors (Lipinski definition) is 1. The van der Waals surface area contributed by atoms with Crippen molar-refractivity contribution >= 4 is 17.7 Å². The fourth-order valence-electron chi connectivity index (χ4n) is 2.18. The summed E-state index contributed by atoms with van der Waals surface area (Å²) >= 11 is 1.47. The highest BCUT2D eigenvalue weighted by atomic mass is 32.2. The van der Waals surface area contributed by atoms with Gasteiger partial charge in [-0.1, -0.05) is 47.3 Å². The molecule has 1 N–H and O–H groups in total. The van der Waals surface area contributed by atoms with Crippen LogP contribution < -0.4 is 5.32 Å². The smallest absolute Gasteiger partial charge is 0.254 e. The van der Waals surface area contributed by atoms with Gasteiger partial charge in [-0.05, 0) is 24.6 Å². The van der Waals surface area contributed by atoms with Gasteiger partial charge in [0, 0.05) is 24.6 Å². The molecule has 0 radical (unpaired) electrons. The lowest BCUT2D eigenvalue weighted by molar-refractivity contribution is 0.0947. The van der Waals surface area contributed by atoms with Gasteiger partial charge in [-0.25, -0.2) is 4.98 Å². The molecular formula is C18H17N3O2S. The van der Waals surface area contributed by atoms with E-state index in [2.05, 4.69) is 15.5 Å². The minimum atomic E-state index is -0.134. The number of nitrogens with one attached hydrogen (secondary N) is 1. The predicted molar refractivity (Wildman–Crippen MR) is 92.7 cm³/mol. The first-order chi connectivity index (χ1) is 11.7. The summed E-state index contributed by atoms with van der Waals surface area (Å²) in [7, 11) is 0. The average molecular weight is 339 g/mol. The third-order valence-electron chi connectivity index (χ3n) is 3.35. The van der Waals surface area contributed by atoms with Crippen molar-refractivity contribution in [1.82, 2.24) is 15.5 Å². The molecule has 0 spiro atoms. The average Bonchev–Trinajstić information content (AvgIpc) is 3.04.